The largest absolute Gasteiger partial charge is 0.458 e. The van der Waals surface area contributed by atoms with Gasteiger partial charge in [-0.25, -0.2) is 19.2 Å². The van der Waals surface area contributed by atoms with Crippen molar-refractivity contribution in [3.8, 4) is 0 Å². The van der Waals surface area contributed by atoms with Gasteiger partial charge in [0.2, 0.25) is 0 Å². The van der Waals surface area contributed by atoms with Crippen molar-refractivity contribution < 1.29 is 38.1 Å². The van der Waals surface area contributed by atoms with Crippen LogP contribution in [0.15, 0.2) is 12.1 Å². The average Bonchev–Trinajstić information content (AvgIpc) is 3.13. The van der Waals surface area contributed by atoms with Crippen molar-refractivity contribution in [2.45, 2.75) is 185 Å². The Kier molecular flexibility index (Phi) is 16.0. The zero-order valence-electron chi connectivity index (χ0n) is 38.1. The van der Waals surface area contributed by atoms with Crippen molar-refractivity contribution in [3.63, 3.8) is 0 Å². The summed E-state index contributed by atoms with van der Waals surface area (Å²) in [6, 6.07) is 2.77. The number of esters is 4. The average molecular weight is 807 g/mol. The molecule has 0 bridgehead atoms. The Morgan fingerprint density at radius 1 is 0.379 bits per heavy atom. The van der Waals surface area contributed by atoms with E-state index in [0.717, 1.165) is 77.0 Å². The predicted molar refractivity (Wildman–Crippen MR) is 229 cm³/mol. The van der Waals surface area contributed by atoms with Gasteiger partial charge in [0.05, 0.1) is 22.3 Å². The third kappa shape index (κ3) is 11.3. The molecule has 0 amide bonds. The first-order valence-electron chi connectivity index (χ1n) is 23.4. The first kappa shape index (κ1) is 46.2. The summed E-state index contributed by atoms with van der Waals surface area (Å²) in [4.78, 5) is 58.5. The van der Waals surface area contributed by atoms with E-state index >= 15 is 0 Å². The third-order valence-electron chi connectivity index (χ3n) is 14.9. The molecule has 0 heterocycles. The Labute approximate surface area is 351 Å². The summed E-state index contributed by atoms with van der Waals surface area (Å²) in [7, 11) is 0. The van der Waals surface area contributed by atoms with Crippen LogP contribution < -0.4 is 0 Å². The van der Waals surface area contributed by atoms with E-state index in [1.807, 2.05) is 0 Å². The molecule has 12 atom stereocenters. The highest BCUT2D eigenvalue weighted by molar-refractivity contribution is 6.10. The number of rotatable bonds is 12. The predicted octanol–water partition coefficient (Wildman–Crippen LogP) is 12.2. The van der Waals surface area contributed by atoms with Crippen LogP contribution >= 0.6 is 0 Å². The summed E-state index contributed by atoms with van der Waals surface area (Å²) in [5, 5.41) is 0. The summed E-state index contributed by atoms with van der Waals surface area (Å²) in [6.07, 6.45) is 9.51. The van der Waals surface area contributed by atoms with Crippen molar-refractivity contribution in [3.05, 3.63) is 34.4 Å². The van der Waals surface area contributed by atoms with Crippen LogP contribution in [0.4, 0.5) is 0 Å². The van der Waals surface area contributed by atoms with E-state index in [1.54, 1.807) is 0 Å². The van der Waals surface area contributed by atoms with Crippen LogP contribution in [0.2, 0.25) is 0 Å². The second-order valence-corrected chi connectivity index (χ2v) is 21.0. The van der Waals surface area contributed by atoms with Gasteiger partial charge in [-0.15, -0.1) is 0 Å². The number of carbonyl (C=O) groups excluding carboxylic acids is 4. The molecule has 0 aliphatic heterocycles. The molecule has 8 heteroatoms. The molecule has 4 saturated carbocycles. The lowest BCUT2D eigenvalue weighted by Crippen LogP contribution is -2.38. The van der Waals surface area contributed by atoms with E-state index in [2.05, 4.69) is 83.1 Å². The summed E-state index contributed by atoms with van der Waals surface area (Å²) in [6.45, 7) is 26.0. The van der Waals surface area contributed by atoms with Gasteiger partial charge in [-0.3, -0.25) is 0 Å². The zero-order valence-corrected chi connectivity index (χ0v) is 38.1. The molecular weight excluding hydrogens is 729 g/mol. The molecule has 5 rings (SSSR count). The first-order valence-corrected chi connectivity index (χ1v) is 23.4. The second kappa shape index (κ2) is 20.1. The van der Waals surface area contributed by atoms with Gasteiger partial charge in [0.1, 0.15) is 24.4 Å². The lowest BCUT2D eigenvalue weighted by atomic mass is 9.75. The van der Waals surface area contributed by atoms with Gasteiger partial charge in [0.25, 0.3) is 0 Å². The molecule has 0 aromatic heterocycles. The maximum Gasteiger partial charge on any atom is 0.339 e. The minimum Gasteiger partial charge on any atom is -0.458 e. The molecule has 1 aromatic rings. The van der Waals surface area contributed by atoms with Crippen molar-refractivity contribution in [1.82, 2.24) is 0 Å². The molecule has 8 nitrogen and oxygen atoms in total. The second-order valence-electron chi connectivity index (χ2n) is 21.0. The Bertz CT molecular complexity index is 1350. The number of ether oxygens (including phenoxy) is 4. The van der Waals surface area contributed by atoms with Gasteiger partial charge < -0.3 is 18.9 Å². The minimum atomic E-state index is -0.685. The van der Waals surface area contributed by atoms with Gasteiger partial charge in [-0.1, -0.05) is 109 Å². The van der Waals surface area contributed by atoms with Crippen LogP contribution in [0.25, 0.3) is 0 Å². The summed E-state index contributed by atoms with van der Waals surface area (Å²) in [5.74, 6) is 0.615. The van der Waals surface area contributed by atoms with Crippen LogP contribution in [-0.2, 0) is 18.9 Å². The van der Waals surface area contributed by atoms with Gasteiger partial charge in [0, 0.05) is 0 Å². The van der Waals surface area contributed by atoms with Gasteiger partial charge in [-0.2, -0.15) is 0 Å². The lowest BCUT2D eigenvalue weighted by molar-refractivity contribution is -0.0223. The molecule has 12 unspecified atom stereocenters. The molecule has 326 valence electrons. The Balaban J connectivity index is 1.62. The molecule has 4 aliphatic rings. The van der Waals surface area contributed by atoms with Crippen LogP contribution in [0, 0.1) is 71.0 Å². The van der Waals surface area contributed by atoms with E-state index in [4.69, 9.17) is 18.9 Å². The third-order valence-corrected chi connectivity index (χ3v) is 14.9. The number of hydrogen-bond donors (Lipinski definition) is 0. The monoisotopic (exact) mass is 807 g/mol. The molecule has 0 radical (unpaired) electrons. The molecule has 0 saturated heterocycles. The fourth-order valence-electron chi connectivity index (χ4n) is 11.1. The van der Waals surface area contributed by atoms with Gasteiger partial charge >= 0.3 is 23.9 Å². The molecule has 0 N–H and O–H groups in total. The quantitative estimate of drug-likeness (QED) is 0.152. The maximum atomic E-state index is 14.6. The number of carbonyl (C=O) groups is 4. The lowest BCUT2D eigenvalue weighted by Gasteiger charge is -2.38. The van der Waals surface area contributed by atoms with E-state index in [1.165, 1.54) is 12.1 Å². The van der Waals surface area contributed by atoms with E-state index in [-0.39, 0.29) is 70.3 Å². The fraction of sp³-hybridized carbons (Fsp3) is 0.800. The Morgan fingerprint density at radius 2 is 0.569 bits per heavy atom. The summed E-state index contributed by atoms with van der Waals surface area (Å²) >= 11 is 0. The summed E-state index contributed by atoms with van der Waals surface area (Å²) in [5.41, 5.74) is -0.267. The number of hydrogen-bond acceptors (Lipinski definition) is 8. The van der Waals surface area contributed by atoms with Crippen LogP contribution in [0.3, 0.4) is 0 Å². The minimum absolute atomic E-state index is 0.0667. The zero-order chi connectivity index (χ0) is 42.6. The molecular formula is C50H78O8. The standard InChI is InChI=1S/C50H78O8/c1-27(2)35-17-13-31(9)21-43(35)55-47(51)39-25-41(49(53)57-45-23-33(11)15-19-37(45)29(5)6)42(50(54)58-46-24-34(12)16-20-38(46)30(7)8)26-40(39)48(52)56-44-22-32(10)14-18-36(44)28(3)4/h25-38,43-46H,13-24H2,1-12H3. The van der Waals surface area contributed by atoms with E-state index < -0.39 is 23.9 Å². The fourth-order valence-corrected chi connectivity index (χ4v) is 11.1. The first-order chi connectivity index (χ1) is 27.3. The highest BCUT2D eigenvalue weighted by atomic mass is 16.6. The van der Waals surface area contributed by atoms with Crippen molar-refractivity contribution in [2.75, 3.05) is 0 Å². The normalized spacial score (nSPS) is 33.2. The van der Waals surface area contributed by atoms with E-state index in [9.17, 15) is 19.2 Å². The SMILES string of the molecule is CC1CCC(C(C)C)C(OC(=O)c2cc(C(=O)OC3CC(C)CCC3C(C)C)c(C(=O)OC3CC(C)CCC3C(C)C)cc2C(=O)OC2CC(C)CCC2C(C)C)C1. The molecule has 1 aromatic carbocycles. The van der Waals surface area contributed by atoms with Crippen molar-refractivity contribution in [1.29, 1.82) is 0 Å². The highest BCUT2D eigenvalue weighted by Gasteiger charge is 2.41. The van der Waals surface area contributed by atoms with Crippen LogP contribution in [-0.4, -0.2) is 48.3 Å². The van der Waals surface area contributed by atoms with Crippen LogP contribution in [0.5, 0.6) is 0 Å². The van der Waals surface area contributed by atoms with Crippen molar-refractivity contribution in [2.24, 2.45) is 71.0 Å². The molecule has 0 spiro atoms. The van der Waals surface area contributed by atoms with E-state index in [0.29, 0.717) is 47.3 Å². The molecule has 4 aliphatic carbocycles. The topological polar surface area (TPSA) is 105 Å². The summed E-state index contributed by atoms with van der Waals surface area (Å²) < 4.78 is 25.5. The molecule has 58 heavy (non-hydrogen) atoms. The Hall–Kier alpha value is -2.90. The van der Waals surface area contributed by atoms with Gasteiger partial charge in [0.15, 0.2) is 0 Å². The molecule has 4 fully saturated rings. The highest BCUT2D eigenvalue weighted by Crippen LogP contribution is 2.41. The smallest absolute Gasteiger partial charge is 0.339 e. The maximum absolute atomic E-state index is 14.6. The van der Waals surface area contributed by atoms with Crippen molar-refractivity contribution >= 4 is 23.9 Å². The Morgan fingerprint density at radius 3 is 0.741 bits per heavy atom. The van der Waals surface area contributed by atoms with Gasteiger partial charge in [-0.05, 0) is 135 Å². The number of benzene rings is 1. The van der Waals surface area contributed by atoms with Crippen LogP contribution in [0.1, 0.15) is 202 Å².